The van der Waals surface area contributed by atoms with Crippen LogP contribution >= 0.6 is 0 Å². The van der Waals surface area contributed by atoms with E-state index in [0.29, 0.717) is 24.7 Å². The number of hydrogen-bond acceptors (Lipinski definition) is 4. The highest BCUT2D eigenvalue weighted by molar-refractivity contribution is 5.98. The maximum Gasteiger partial charge on any atom is 0.160 e. The molecule has 4 nitrogen and oxygen atoms in total. The molecule has 8 atom stereocenters. The van der Waals surface area contributed by atoms with Gasteiger partial charge in [0.15, 0.2) is 5.78 Å². The van der Waals surface area contributed by atoms with Crippen molar-refractivity contribution in [2.24, 2.45) is 45.3 Å². The standard InChI is InChI=1S/C27H40O4/c1-16(13-17(2)29)18-9-10-26(6)23-21(30)14-20-19(7-8-22(31)24(20,3)4)27(23,15-28)12-11-25(18,26)5/h14-16,18-19,22-23,31H,7-13H2,1-6H3/t16-,18-,19-,22+,23+,25-,26+,27-/m1/s1. The number of ketones is 2. The minimum absolute atomic E-state index is 0.0427. The van der Waals surface area contributed by atoms with Crippen LogP contribution in [0.4, 0.5) is 0 Å². The fraction of sp³-hybridized carbons (Fsp3) is 0.815. The zero-order chi connectivity index (χ0) is 23.0. The third kappa shape index (κ3) is 2.85. The van der Waals surface area contributed by atoms with Gasteiger partial charge in [0.05, 0.1) is 6.10 Å². The van der Waals surface area contributed by atoms with Gasteiger partial charge in [-0.15, -0.1) is 0 Å². The molecule has 0 amide bonds. The first kappa shape index (κ1) is 22.9. The lowest BCUT2D eigenvalue weighted by molar-refractivity contribution is -0.171. The van der Waals surface area contributed by atoms with Crippen LogP contribution in [0, 0.1) is 45.3 Å². The van der Waals surface area contributed by atoms with Crippen molar-refractivity contribution in [3.05, 3.63) is 11.6 Å². The summed E-state index contributed by atoms with van der Waals surface area (Å²) in [6.07, 6.45) is 8.13. The van der Waals surface area contributed by atoms with Crippen LogP contribution in [0.25, 0.3) is 0 Å². The van der Waals surface area contributed by atoms with Crippen molar-refractivity contribution < 1.29 is 19.5 Å². The molecule has 172 valence electrons. The van der Waals surface area contributed by atoms with Gasteiger partial charge in [-0.3, -0.25) is 4.79 Å². The first-order valence-electron chi connectivity index (χ1n) is 12.2. The first-order valence-corrected chi connectivity index (χ1v) is 12.2. The molecule has 4 heteroatoms. The fourth-order valence-electron chi connectivity index (χ4n) is 8.88. The lowest BCUT2D eigenvalue weighted by atomic mass is 9.38. The van der Waals surface area contributed by atoms with Gasteiger partial charge in [0, 0.05) is 23.2 Å². The van der Waals surface area contributed by atoms with Crippen LogP contribution in [0.3, 0.4) is 0 Å². The Morgan fingerprint density at radius 2 is 1.81 bits per heavy atom. The summed E-state index contributed by atoms with van der Waals surface area (Å²) in [5, 5.41) is 10.7. The highest BCUT2D eigenvalue weighted by atomic mass is 16.3. The van der Waals surface area contributed by atoms with Crippen molar-refractivity contribution in [3.8, 4) is 0 Å². The number of aldehydes is 1. The number of hydrogen-bond donors (Lipinski definition) is 1. The zero-order valence-electron chi connectivity index (χ0n) is 20.2. The molecule has 0 unspecified atom stereocenters. The van der Waals surface area contributed by atoms with Crippen LogP contribution in [-0.4, -0.2) is 29.1 Å². The number of carbonyl (C=O) groups is 3. The summed E-state index contributed by atoms with van der Waals surface area (Å²) in [6, 6.07) is 0. The van der Waals surface area contributed by atoms with Crippen LogP contribution in [0.2, 0.25) is 0 Å². The lowest BCUT2D eigenvalue weighted by Gasteiger charge is -2.64. The quantitative estimate of drug-likeness (QED) is 0.645. The molecule has 3 fully saturated rings. The summed E-state index contributed by atoms with van der Waals surface area (Å²) >= 11 is 0. The number of carbonyl (C=O) groups excluding carboxylic acids is 3. The van der Waals surface area contributed by atoms with E-state index < -0.39 is 16.9 Å². The van der Waals surface area contributed by atoms with Gasteiger partial charge in [-0.1, -0.05) is 40.2 Å². The van der Waals surface area contributed by atoms with E-state index in [2.05, 4.69) is 20.8 Å². The summed E-state index contributed by atoms with van der Waals surface area (Å²) in [4.78, 5) is 38.6. The van der Waals surface area contributed by atoms with Crippen molar-refractivity contribution in [2.75, 3.05) is 0 Å². The van der Waals surface area contributed by atoms with Crippen molar-refractivity contribution in [1.29, 1.82) is 0 Å². The molecule has 0 aromatic carbocycles. The van der Waals surface area contributed by atoms with Crippen LogP contribution < -0.4 is 0 Å². The predicted octanol–water partition coefficient (Wildman–Crippen LogP) is 4.93. The molecule has 1 N–H and O–H groups in total. The Hall–Kier alpha value is -1.29. The van der Waals surface area contributed by atoms with Gasteiger partial charge in [0.1, 0.15) is 12.1 Å². The topological polar surface area (TPSA) is 71.4 Å². The van der Waals surface area contributed by atoms with E-state index >= 15 is 0 Å². The Kier molecular flexibility index (Phi) is 5.24. The molecular formula is C27H40O4. The van der Waals surface area contributed by atoms with Crippen LogP contribution in [0.5, 0.6) is 0 Å². The summed E-state index contributed by atoms with van der Waals surface area (Å²) in [5.41, 5.74) is -0.447. The SMILES string of the molecule is CC(=O)C[C@@H](C)[C@H]1CC[C@@]2(C)[C@@H]3C(=O)C=C4[C@@H](CC[C@H](O)C4(C)C)[C@]3(C=O)CC[C@]12C. The van der Waals surface area contributed by atoms with Crippen molar-refractivity contribution in [3.63, 3.8) is 0 Å². The summed E-state index contributed by atoms with van der Waals surface area (Å²) < 4.78 is 0. The molecule has 0 aromatic rings. The third-order valence-corrected chi connectivity index (χ3v) is 10.8. The molecule has 0 saturated heterocycles. The number of aliphatic hydroxyl groups excluding tert-OH is 1. The third-order valence-electron chi connectivity index (χ3n) is 10.8. The number of Topliss-reactive ketones (excluding diaryl/α,β-unsaturated/α-hetero) is 1. The summed E-state index contributed by atoms with van der Waals surface area (Å²) in [6.45, 7) is 12.5. The van der Waals surface area contributed by atoms with Gasteiger partial charge >= 0.3 is 0 Å². The van der Waals surface area contributed by atoms with Gasteiger partial charge in [0.25, 0.3) is 0 Å². The van der Waals surface area contributed by atoms with Gasteiger partial charge in [-0.05, 0) is 80.1 Å². The highest BCUT2D eigenvalue weighted by Gasteiger charge is 2.71. The molecule has 0 bridgehead atoms. The van der Waals surface area contributed by atoms with Gasteiger partial charge in [-0.2, -0.15) is 0 Å². The Morgan fingerprint density at radius 1 is 1.13 bits per heavy atom. The van der Waals surface area contributed by atoms with Crippen LogP contribution in [0.15, 0.2) is 11.6 Å². The highest BCUT2D eigenvalue weighted by Crippen LogP contribution is 2.74. The minimum atomic E-state index is -0.661. The molecule has 3 saturated carbocycles. The van der Waals surface area contributed by atoms with E-state index in [4.69, 9.17) is 0 Å². The Balaban J connectivity index is 1.81. The average molecular weight is 429 g/mol. The lowest BCUT2D eigenvalue weighted by Crippen LogP contribution is -2.63. The number of allylic oxidation sites excluding steroid dienone is 1. The number of fused-ring (bicyclic) bond motifs is 5. The van der Waals surface area contributed by atoms with Gasteiger partial charge < -0.3 is 14.7 Å². The second-order valence-electron chi connectivity index (χ2n) is 12.4. The van der Waals surface area contributed by atoms with E-state index in [1.165, 1.54) is 0 Å². The molecule has 4 aliphatic carbocycles. The number of rotatable bonds is 4. The minimum Gasteiger partial charge on any atom is -0.392 e. The van der Waals surface area contributed by atoms with E-state index in [0.717, 1.165) is 44.0 Å². The van der Waals surface area contributed by atoms with Crippen molar-refractivity contribution in [2.45, 2.75) is 92.6 Å². The molecule has 0 radical (unpaired) electrons. The van der Waals surface area contributed by atoms with E-state index in [9.17, 15) is 19.5 Å². The van der Waals surface area contributed by atoms with Gasteiger partial charge in [-0.25, -0.2) is 0 Å². The number of aliphatic hydroxyl groups is 1. The Morgan fingerprint density at radius 3 is 2.42 bits per heavy atom. The molecule has 0 aliphatic heterocycles. The largest absolute Gasteiger partial charge is 0.392 e. The summed E-state index contributed by atoms with van der Waals surface area (Å²) in [7, 11) is 0. The fourth-order valence-corrected chi connectivity index (χ4v) is 8.88. The molecule has 0 heterocycles. The average Bonchev–Trinajstić information content (AvgIpc) is 2.95. The molecule has 4 aliphatic rings. The first-order chi connectivity index (χ1) is 14.3. The van der Waals surface area contributed by atoms with E-state index in [1.54, 1.807) is 6.92 Å². The monoisotopic (exact) mass is 428 g/mol. The second kappa shape index (κ2) is 7.10. The predicted molar refractivity (Wildman–Crippen MR) is 120 cm³/mol. The van der Waals surface area contributed by atoms with Crippen LogP contribution in [-0.2, 0) is 14.4 Å². The smallest absolute Gasteiger partial charge is 0.160 e. The molecule has 31 heavy (non-hydrogen) atoms. The van der Waals surface area contributed by atoms with Gasteiger partial charge in [0.2, 0.25) is 0 Å². The molecule has 0 spiro atoms. The Bertz CT molecular complexity index is 840. The van der Waals surface area contributed by atoms with Crippen molar-refractivity contribution in [1.82, 2.24) is 0 Å². The molecule has 4 rings (SSSR count). The maximum atomic E-state index is 13.8. The van der Waals surface area contributed by atoms with Crippen LogP contribution in [0.1, 0.15) is 86.5 Å². The van der Waals surface area contributed by atoms with E-state index in [-0.39, 0.29) is 34.2 Å². The normalized spacial score (nSPS) is 46.9. The maximum absolute atomic E-state index is 13.8. The zero-order valence-corrected chi connectivity index (χ0v) is 20.2. The molecular weight excluding hydrogens is 388 g/mol. The summed E-state index contributed by atoms with van der Waals surface area (Å²) in [5.74, 6) is 0.753. The van der Waals surface area contributed by atoms with E-state index in [1.807, 2.05) is 19.9 Å². The van der Waals surface area contributed by atoms with Crippen molar-refractivity contribution >= 4 is 17.9 Å². The molecule has 0 aromatic heterocycles. The Labute approximate surface area is 187 Å². The second-order valence-corrected chi connectivity index (χ2v) is 12.4.